The van der Waals surface area contributed by atoms with Gasteiger partial charge in [-0.25, -0.2) is 4.98 Å². The van der Waals surface area contributed by atoms with E-state index in [4.69, 9.17) is 4.42 Å². The van der Waals surface area contributed by atoms with Crippen molar-refractivity contribution in [2.75, 3.05) is 0 Å². The molecule has 0 fully saturated rings. The molecule has 20 heavy (non-hydrogen) atoms. The number of aromatic nitrogens is 1. The van der Waals surface area contributed by atoms with E-state index < -0.39 is 0 Å². The Hall–Kier alpha value is -1.39. The van der Waals surface area contributed by atoms with Gasteiger partial charge in [0.1, 0.15) is 0 Å². The van der Waals surface area contributed by atoms with E-state index in [0.29, 0.717) is 5.89 Å². The Morgan fingerprint density at radius 3 is 1.85 bits per heavy atom. The molecule has 1 heterocycles. The smallest absolute Gasteiger partial charge is 0.226 e. The van der Waals surface area contributed by atoms with Crippen LogP contribution in [0.25, 0.3) is 22.8 Å². The maximum absolute atomic E-state index is 5.92. The van der Waals surface area contributed by atoms with Gasteiger partial charge in [0.25, 0.3) is 0 Å². The summed E-state index contributed by atoms with van der Waals surface area (Å²) in [6.07, 6.45) is 0. The van der Waals surface area contributed by atoms with Crippen LogP contribution in [-0.2, 0) is 0 Å². The number of nitrogens with zero attached hydrogens (tertiary/aromatic N) is 1. The molecular weight excluding hydrogens is 382 g/mol. The summed E-state index contributed by atoms with van der Waals surface area (Å²) in [5.41, 5.74) is 2.89. The molecule has 4 heteroatoms. The van der Waals surface area contributed by atoms with Crippen molar-refractivity contribution in [3.63, 3.8) is 0 Å². The Kier molecular flexibility index (Phi) is 3.76. The first-order valence-electron chi connectivity index (χ1n) is 6.13. The van der Waals surface area contributed by atoms with Crippen LogP contribution in [0.3, 0.4) is 0 Å². The van der Waals surface area contributed by atoms with Gasteiger partial charge >= 0.3 is 0 Å². The number of hydrogen-bond acceptors (Lipinski definition) is 2. The summed E-state index contributed by atoms with van der Waals surface area (Å²) in [7, 11) is 0. The zero-order valence-electron chi connectivity index (χ0n) is 10.7. The van der Waals surface area contributed by atoms with Crippen LogP contribution in [0.4, 0.5) is 0 Å². The van der Waals surface area contributed by atoms with Gasteiger partial charge in [-0.1, -0.05) is 44.0 Å². The van der Waals surface area contributed by atoms with E-state index in [1.165, 1.54) is 0 Å². The Balaban J connectivity index is 2.02. The van der Waals surface area contributed by atoms with Gasteiger partial charge in [-0.05, 0) is 43.3 Å². The van der Waals surface area contributed by atoms with Crippen molar-refractivity contribution in [3.05, 3.63) is 63.2 Å². The highest BCUT2D eigenvalue weighted by Gasteiger charge is 2.13. The first-order valence-corrected chi connectivity index (χ1v) is 7.71. The van der Waals surface area contributed by atoms with E-state index >= 15 is 0 Å². The average molecular weight is 393 g/mol. The third-order valence-corrected chi connectivity index (χ3v) is 4.05. The minimum absolute atomic E-state index is 0.646. The second-order valence-corrected chi connectivity index (χ2v) is 6.28. The summed E-state index contributed by atoms with van der Waals surface area (Å²) in [4.78, 5) is 4.52. The normalized spacial score (nSPS) is 10.8. The molecule has 0 saturated heterocycles. The largest absolute Gasteiger partial charge is 0.436 e. The van der Waals surface area contributed by atoms with Crippen LogP contribution in [0.2, 0.25) is 0 Å². The van der Waals surface area contributed by atoms with E-state index in [2.05, 4.69) is 36.8 Å². The van der Waals surface area contributed by atoms with Crippen LogP contribution in [0.5, 0.6) is 0 Å². The van der Waals surface area contributed by atoms with Crippen LogP contribution in [-0.4, -0.2) is 4.98 Å². The molecule has 0 amide bonds. The predicted molar refractivity (Wildman–Crippen MR) is 87.5 cm³/mol. The summed E-state index contributed by atoms with van der Waals surface area (Å²) in [6, 6.07) is 16.0. The molecule has 0 saturated carbocycles. The molecular formula is C16H11Br2NO. The van der Waals surface area contributed by atoms with E-state index in [1.807, 2.05) is 55.5 Å². The van der Waals surface area contributed by atoms with Crippen molar-refractivity contribution in [2.24, 2.45) is 0 Å². The van der Waals surface area contributed by atoms with Gasteiger partial charge in [0.2, 0.25) is 5.89 Å². The monoisotopic (exact) mass is 391 g/mol. The number of rotatable bonds is 2. The number of halogens is 2. The molecule has 100 valence electrons. The molecule has 0 atom stereocenters. The second-order valence-electron chi connectivity index (χ2n) is 4.45. The fourth-order valence-electron chi connectivity index (χ4n) is 1.98. The number of benzene rings is 2. The lowest BCUT2D eigenvalue weighted by molar-refractivity contribution is 0.588. The fourth-order valence-corrected chi connectivity index (χ4v) is 2.51. The van der Waals surface area contributed by atoms with Crippen LogP contribution >= 0.6 is 31.9 Å². The molecule has 0 bridgehead atoms. The average Bonchev–Trinajstić information content (AvgIpc) is 2.82. The van der Waals surface area contributed by atoms with Crippen molar-refractivity contribution < 1.29 is 4.42 Å². The highest BCUT2D eigenvalue weighted by molar-refractivity contribution is 9.10. The molecule has 0 spiro atoms. The Morgan fingerprint density at radius 1 is 0.800 bits per heavy atom. The zero-order valence-corrected chi connectivity index (χ0v) is 13.9. The summed E-state index contributed by atoms with van der Waals surface area (Å²) >= 11 is 6.86. The van der Waals surface area contributed by atoms with Crippen LogP contribution < -0.4 is 0 Å². The third-order valence-electron chi connectivity index (χ3n) is 2.99. The molecule has 0 aliphatic carbocycles. The third kappa shape index (κ3) is 2.72. The molecule has 0 unspecified atom stereocenters. The van der Waals surface area contributed by atoms with E-state index in [1.54, 1.807) is 0 Å². The first kappa shape index (κ1) is 13.6. The molecule has 0 aliphatic heterocycles. The van der Waals surface area contributed by atoms with Crippen molar-refractivity contribution in [1.82, 2.24) is 4.98 Å². The minimum atomic E-state index is 0.646. The Bertz CT molecular complexity index is 730. The lowest BCUT2D eigenvalue weighted by Crippen LogP contribution is -1.78. The second kappa shape index (κ2) is 5.54. The Morgan fingerprint density at radius 2 is 1.30 bits per heavy atom. The molecule has 0 radical (unpaired) electrons. The van der Waals surface area contributed by atoms with Crippen molar-refractivity contribution in [2.45, 2.75) is 6.92 Å². The predicted octanol–water partition coefficient (Wildman–Crippen LogP) is 5.84. The van der Waals surface area contributed by atoms with Gasteiger partial charge in [0.05, 0.1) is 5.69 Å². The van der Waals surface area contributed by atoms with Crippen LogP contribution in [0.1, 0.15) is 5.69 Å². The molecule has 3 aromatic rings. The zero-order chi connectivity index (χ0) is 14.1. The van der Waals surface area contributed by atoms with Crippen molar-refractivity contribution in [1.29, 1.82) is 0 Å². The molecule has 0 N–H and O–H groups in total. The number of aryl methyl sites for hydroxylation is 1. The van der Waals surface area contributed by atoms with Gasteiger partial charge in [0, 0.05) is 20.1 Å². The maximum atomic E-state index is 5.92. The topological polar surface area (TPSA) is 26.0 Å². The van der Waals surface area contributed by atoms with Gasteiger partial charge in [-0.3, -0.25) is 0 Å². The van der Waals surface area contributed by atoms with Gasteiger partial charge in [-0.2, -0.15) is 0 Å². The van der Waals surface area contributed by atoms with Gasteiger partial charge < -0.3 is 4.42 Å². The van der Waals surface area contributed by atoms with Crippen molar-refractivity contribution in [3.8, 4) is 22.8 Å². The SMILES string of the molecule is Cc1nc(-c2ccc(Br)cc2)oc1-c1ccc(Br)cc1. The van der Waals surface area contributed by atoms with Gasteiger partial charge in [-0.15, -0.1) is 0 Å². The highest BCUT2D eigenvalue weighted by atomic mass is 79.9. The van der Waals surface area contributed by atoms with E-state index in [-0.39, 0.29) is 0 Å². The van der Waals surface area contributed by atoms with E-state index in [0.717, 1.165) is 31.5 Å². The maximum Gasteiger partial charge on any atom is 0.226 e. The standard InChI is InChI=1S/C16H11Br2NO/c1-10-15(11-2-6-13(17)7-3-11)20-16(19-10)12-4-8-14(18)9-5-12/h2-9H,1H3. The summed E-state index contributed by atoms with van der Waals surface area (Å²) in [6.45, 7) is 1.96. The summed E-state index contributed by atoms with van der Waals surface area (Å²) in [5.74, 6) is 1.46. The first-order chi connectivity index (χ1) is 9.63. The Labute approximate surface area is 134 Å². The van der Waals surface area contributed by atoms with Crippen LogP contribution in [0.15, 0.2) is 61.9 Å². The molecule has 1 aromatic heterocycles. The van der Waals surface area contributed by atoms with Crippen LogP contribution in [0, 0.1) is 6.92 Å². The lowest BCUT2D eigenvalue weighted by Gasteiger charge is -1.98. The number of hydrogen-bond donors (Lipinski definition) is 0. The quantitative estimate of drug-likeness (QED) is 0.547. The summed E-state index contributed by atoms with van der Waals surface area (Å²) in [5, 5.41) is 0. The molecule has 2 nitrogen and oxygen atoms in total. The molecule has 0 aliphatic rings. The summed E-state index contributed by atoms with van der Waals surface area (Å²) < 4.78 is 8.01. The molecule has 2 aromatic carbocycles. The lowest BCUT2D eigenvalue weighted by atomic mass is 10.1. The highest BCUT2D eigenvalue weighted by Crippen LogP contribution is 2.30. The minimum Gasteiger partial charge on any atom is -0.436 e. The number of oxazole rings is 1. The van der Waals surface area contributed by atoms with Gasteiger partial charge in [0.15, 0.2) is 5.76 Å². The van der Waals surface area contributed by atoms with Crippen molar-refractivity contribution >= 4 is 31.9 Å². The van der Waals surface area contributed by atoms with E-state index in [9.17, 15) is 0 Å². The molecule has 3 rings (SSSR count). The fraction of sp³-hybridized carbons (Fsp3) is 0.0625.